The smallest absolute Gasteiger partial charge is 0.135 e. The van der Waals surface area contributed by atoms with Crippen LogP contribution in [0.3, 0.4) is 0 Å². The molecule has 0 saturated carbocycles. The molecule has 2 heteroatoms. The van der Waals surface area contributed by atoms with Gasteiger partial charge < -0.3 is 10.5 Å². The first-order chi connectivity index (χ1) is 8.13. The number of nitrogens with two attached hydrogens (primary N) is 1. The van der Waals surface area contributed by atoms with Crippen LogP contribution >= 0.6 is 0 Å². The Balaban J connectivity index is 2.76. The van der Waals surface area contributed by atoms with Crippen molar-refractivity contribution >= 4 is 0 Å². The monoisotopic (exact) mass is 231 g/mol. The lowest BCUT2D eigenvalue weighted by atomic mass is 10.1. The van der Waals surface area contributed by atoms with Crippen LogP contribution in [0.15, 0.2) is 24.3 Å². The molecule has 0 aliphatic heterocycles. The summed E-state index contributed by atoms with van der Waals surface area (Å²) in [6.45, 7) is 6.85. The minimum Gasteiger partial charge on any atom is -0.489 e. The molecule has 0 amide bonds. The van der Waals surface area contributed by atoms with Crippen LogP contribution in [0, 0.1) is 17.8 Å². The van der Waals surface area contributed by atoms with E-state index < -0.39 is 0 Å². The normalized spacial score (nSPS) is 11.8. The maximum Gasteiger partial charge on any atom is 0.135 e. The SMILES string of the molecule is CC(C)CC(C)Oc1ccccc1C#CCN. The summed E-state index contributed by atoms with van der Waals surface area (Å²) in [5.74, 6) is 7.37. The Hall–Kier alpha value is -1.46. The van der Waals surface area contributed by atoms with Crippen molar-refractivity contribution in [2.24, 2.45) is 11.7 Å². The second kappa shape index (κ2) is 6.98. The number of benzene rings is 1. The van der Waals surface area contributed by atoms with E-state index in [1.165, 1.54) is 0 Å². The van der Waals surface area contributed by atoms with E-state index in [4.69, 9.17) is 10.5 Å². The van der Waals surface area contributed by atoms with E-state index in [9.17, 15) is 0 Å². The number of rotatable bonds is 4. The zero-order valence-electron chi connectivity index (χ0n) is 10.9. The van der Waals surface area contributed by atoms with Crippen molar-refractivity contribution in [1.29, 1.82) is 0 Å². The van der Waals surface area contributed by atoms with Crippen LogP contribution in [0.25, 0.3) is 0 Å². The molecular weight excluding hydrogens is 210 g/mol. The number of ether oxygens (including phenoxy) is 1. The Morgan fingerprint density at radius 1 is 1.24 bits per heavy atom. The van der Waals surface area contributed by atoms with Gasteiger partial charge in [0, 0.05) is 0 Å². The number of para-hydroxylation sites is 1. The molecule has 0 aromatic heterocycles. The van der Waals surface area contributed by atoms with E-state index in [0.29, 0.717) is 12.5 Å². The van der Waals surface area contributed by atoms with E-state index in [0.717, 1.165) is 17.7 Å². The summed E-state index contributed by atoms with van der Waals surface area (Å²) < 4.78 is 5.91. The van der Waals surface area contributed by atoms with Crippen LogP contribution in [0.4, 0.5) is 0 Å². The molecule has 1 aromatic rings. The molecule has 2 nitrogen and oxygen atoms in total. The molecule has 0 bridgehead atoms. The third kappa shape index (κ3) is 4.93. The molecule has 17 heavy (non-hydrogen) atoms. The van der Waals surface area contributed by atoms with Gasteiger partial charge in [-0.25, -0.2) is 0 Å². The molecule has 1 unspecified atom stereocenters. The molecule has 92 valence electrons. The Morgan fingerprint density at radius 3 is 2.59 bits per heavy atom. The third-order valence-corrected chi connectivity index (χ3v) is 2.34. The van der Waals surface area contributed by atoms with Crippen LogP contribution in [-0.4, -0.2) is 12.6 Å². The van der Waals surface area contributed by atoms with Crippen molar-refractivity contribution in [1.82, 2.24) is 0 Å². The molecule has 0 fully saturated rings. The summed E-state index contributed by atoms with van der Waals surface area (Å²) in [7, 11) is 0. The first-order valence-corrected chi connectivity index (χ1v) is 6.08. The van der Waals surface area contributed by atoms with Crippen LogP contribution < -0.4 is 10.5 Å². The van der Waals surface area contributed by atoms with Gasteiger partial charge in [0.1, 0.15) is 5.75 Å². The van der Waals surface area contributed by atoms with E-state index in [-0.39, 0.29) is 6.10 Å². The first kappa shape index (κ1) is 13.6. The van der Waals surface area contributed by atoms with E-state index in [1.54, 1.807) is 0 Å². The van der Waals surface area contributed by atoms with Gasteiger partial charge in [0.25, 0.3) is 0 Å². The maximum atomic E-state index is 5.91. The van der Waals surface area contributed by atoms with Crippen molar-refractivity contribution < 1.29 is 4.74 Å². The highest BCUT2D eigenvalue weighted by molar-refractivity contribution is 5.46. The summed E-state index contributed by atoms with van der Waals surface area (Å²) in [6.07, 6.45) is 1.24. The van der Waals surface area contributed by atoms with Crippen molar-refractivity contribution in [2.75, 3.05) is 6.54 Å². The molecule has 0 aliphatic carbocycles. The largest absolute Gasteiger partial charge is 0.489 e. The maximum absolute atomic E-state index is 5.91. The first-order valence-electron chi connectivity index (χ1n) is 6.08. The Morgan fingerprint density at radius 2 is 1.94 bits per heavy atom. The van der Waals surface area contributed by atoms with Crippen molar-refractivity contribution in [3.05, 3.63) is 29.8 Å². The van der Waals surface area contributed by atoms with Crippen molar-refractivity contribution in [2.45, 2.75) is 33.3 Å². The Bertz CT molecular complexity index is 401. The zero-order chi connectivity index (χ0) is 12.7. The summed E-state index contributed by atoms with van der Waals surface area (Å²) >= 11 is 0. The van der Waals surface area contributed by atoms with E-state index >= 15 is 0 Å². The number of hydrogen-bond acceptors (Lipinski definition) is 2. The van der Waals surface area contributed by atoms with Gasteiger partial charge in [-0.05, 0) is 31.4 Å². The van der Waals surface area contributed by atoms with Gasteiger partial charge in [0.2, 0.25) is 0 Å². The lowest BCUT2D eigenvalue weighted by Gasteiger charge is -2.17. The van der Waals surface area contributed by atoms with Gasteiger partial charge >= 0.3 is 0 Å². The molecule has 0 aliphatic rings. The second-order valence-electron chi connectivity index (χ2n) is 4.56. The van der Waals surface area contributed by atoms with Gasteiger partial charge in [-0.1, -0.05) is 37.8 Å². The van der Waals surface area contributed by atoms with Crippen LogP contribution in [0.5, 0.6) is 5.75 Å². The van der Waals surface area contributed by atoms with Gasteiger partial charge in [-0.3, -0.25) is 0 Å². The topological polar surface area (TPSA) is 35.2 Å². The summed E-state index contributed by atoms with van der Waals surface area (Å²) in [5.41, 5.74) is 6.29. The quantitative estimate of drug-likeness (QED) is 0.809. The summed E-state index contributed by atoms with van der Waals surface area (Å²) in [4.78, 5) is 0. The molecule has 0 heterocycles. The lowest BCUT2D eigenvalue weighted by Crippen LogP contribution is -2.15. The average Bonchev–Trinajstić information content (AvgIpc) is 2.26. The molecule has 2 N–H and O–H groups in total. The molecular formula is C15H21NO. The molecule has 0 saturated heterocycles. The molecule has 0 spiro atoms. The summed E-state index contributed by atoms with van der Waals surface area (Å²) in [6, 6.07) is 7.84. The van der Waals surface area contributed by atoms with Crippen molar-refractivity contribution in [3.63, 3.8) is 0 Å². The van der Waals surface area contributed by atoms with Crippen LogP contribution in [-0.2, 0) is 0 Å². The van der Waals surface area contributed by atoms with Gasteiger partial charge in [0.05, 0.1) is 18.2 Å². The minimum atomic E-state index is 0.204. The highest BCUT2D eigenvalue weighted by atomic mass is 16.5. The highest BCUT2D eigenvalue weighted by Crippen LogP contribution is 2.20. The average molecular weight is 231 g/mol. The number of hydrogen-bond donors (Lipinski definition) is 1. The highest BCUT2D eigenvalue weighted by Gasteiger charge is 2.08. The van der Waals surface area contributed by atoms with E-state index in [1.807, 2.05) is 24.3 Å². The predicted octanol–water partition coefficient (Wildman–Crippen LogP) is 2.81. The molecule has 1 atom stereocenters. The lowest BCUT2D eigenvalue weighted by molar-refractivity contribution is 0.193. The van der Waals surface area contributed by atoms with Gasteiger partial charge in [-0.2, -0.15) is 0 Å². The molecule has 1 aromatic carbocycles. The minimum absolute atomic E-state index is 0.204. The Kier molecular flexibility index (Phi) is 5.59. The van der Waals surface area contributed by atoms with Gasteiger partial charge in [0.15, 0.2) is 0 Å². The van der Waals surface area contributed by atoms with Crippen molar-refractivity contribution in [3.8, 4) is 17.6 Å². The fourth-order valence-corrected chi connectivity index (χ4v) is 1.75. The van der Waals surface area contributed by atoms with Crippen LogP contribution in [0.2, 0.25) is 0 Å². The summed E-state index contributed by atoms with van der Waals surface area (Å²) in [5, 5.41) is 0. The molecule has 1 rings (SSSR count). The van der Waals surface area contributed by atoms with Crippen LogP contribution in [0.1, 0.15) is 32.8 Å². The fraction of sp³-hybridized carbons (Fsp3) is 0.467. The fourth-order valence-electron chi connectivity index (χ4n) is 1.75. The second-order valence-corrected chi connectivity index (χ2v) is 4.56. The standard InChI is InChI=1S/C15H21NO/c1-12(2)11-13(3)17-15-9-5-4-7-14(15)8-6-10-16/h4-5,7,9,12-13H,10-11,16H2,1-3H3. The molecule has 0 radical (unpaired) electrons. The Labute approximate surface area is 104 Å². The predicted molar refractivity (Wildman–Crippen MR) is 71.9 cm³/mol. The third-order valence-electron chi connectivity index (χ3n) is 2.34. The van der Waals surface area contributed by atoms with Gasteiger partial charge in [-0.15, -0.1) is 0 Å². The van der Waals surface area contributed by atoms with E-state index in [2.05, 4.69) is 32.6 Å². The zero-order valence-corrected chi connectivity index (χ0v) is 10.9.